The Balaban J connectivity index is 0.00000264. The van der Waals surface area contributed by atoms with Crippen molar-refractivity contribution < 1.29 is 17.9 Å². The number of halogens is 1. The quantitative estimate of drug-likeness (QED) is 0.746. The molecule has 0 radical (unpaired) electrons. The van der Waals surface area contributed by atoms with E-state index >= 15 is 0 Å². The molecule has 1 spiro atoms. The summed E-state index contributed by atoms with van der Waals surface area (Å²) in [5.74, 6) is -0.201. The van der Waals surface area contributed by atoms with Gasteiger partial charge in [-0.15, -0.1) is 12.4 Å². The Hall–Kier alpha value is 0.0400. The van der Waals surface area contributed by atoms with E-state index in [1.54, 1.807) is 7.05 Å². The van der Waals surface area contributed by atoms with Gasteiger partial charge in [-0.1, -0.05) is 13.8 Å². The van der Waals surface area contributed by atoms with Crippen molar-refractivity contribution in [2.24, 2.45) is 11.7 Å². The third kappa shape index (κ3) is 5.01. The van der Waals surface area contributed by atoms with Crippen LogP contribution in [-0.4, -0.2) is 68.8 Å². The van der Waals surface area contributed by atoms with Crippen molar-refractivity contribution in [1.29, 1.82) is 0 Å². The normalized spacial score (nSPS) is 23.4. The van der Waals surface area contributed by atoms with Crippen molar-refractivity contribution in [3.05, 3.63) is 0 Å². The molecule has 2 rings (SSSR count). The highest BCUT2D eigenvalue weighted by Gasteiger charge is 2.43. The third-order valence-electron chi connectivity index (χ3n) is 4.65. The summed E-state index contributed by atoms with van der Waals surface area (Å²) in [7, 11) is -1.81. The van der Waals surface area contributed by atoms with Gasteiger partial charge in [0.1, 0.15) is 0 Å². The van der Waals surface area contributed by atoms with Crippen LogP contribution < -0.4 is 5.73 Å². The highest BCUT2D eigenvalue weighted by Crippen LogP contribution is 2.32. The van der Waals surface area contributed by atoms with Crippen LogP contribution in [0.4, 0.5) is 0 Å². The molecule has 0 amide bonds. The molecule has 2 heterocycles. The van der Waals surface area contributed by atoms with Crippen LogP contribution in [0.3, 0.4) is 0 Å². The zero-order chi connectivity index (χ0) is 16.4. The van der Waals surface area contributed by atoms with Crippen molar-refractivity contribution in [2.75, 3.05) is 39.9 Å². The lowest BCUT2D eigenvalue weighted by molar-refractivity contribution is -0.179. The molecule has 0 aromatic rings. The first kappa shape index (κ1) is 21.1. The molecule has 2 N–H and O–H groups in total. The van der Waals surface area contributed by atoms with Gasteiger partial charge in [-0.05, 0) is 12.3 Å². The number of rotatable bonds is 6. The summed E-state index contributed by atoms with van der Waals surface area (Å²) in [6, 6.07) is 0.0163. The van der Waals surface area contributed by atoms with Crippen molar-refractivity contribution in [3.63, 3.8) is 0 Å². The lowest BCUT2D eigenvalue weighted by atomic mass is 10.0. The second kappa shape index (κ2) is 8.42. The highest BCUT2D eigenvalue weighted by atomic mass is 35.5. The molecule has 0 aliphatic carbocycles. The monoisotopic (exact) mass is 371 g/mol. The van der Waals surface area contributed by atoms with Gasteiger partial charge < -0.3 is 15.2 Å². The van der Waals surface area contributed by atoms with Gasteiger partial charge >= 0.3 is 0 Å². The van der Waals surface area contributed by atoms with Crippen molar-refractivity contribution in [2.45, 2.75) is 44.9 Å². The Morgan fingerprint density at radius 1 is 1.22 bits per heavy atom. The molecule has 0 bridgehead atoms. The van der Waals surface area contributed by atoms with E-state index in [1.807, 2.05) is 13.8 Å². The second-order valence-electron chi connectivity index (χ2n) is 6.53. The SMILES string of the molecule is CC(C)C(N)CCN(C)S(=O)(=O)N1CCC2(CC1)OCCO2.Cl. The minimum absolute atomic E-state index is 0. The fourth-order valence-electron chi connectivity index (χ4n) is 2.82. The summed E-state index contributed by atoms with van der Waals surface area (Å²) in [5.41, 5.74) is 6.00. The second-order valence-corrected chi connectivity index (χ2v) is 8.57. The molecule has 1 atom stereocenters. The molecule has 2 aliphatic heterocycles. The van der Waals surface area contributed by atoms with E-state index in [-0.39, 0.29) is 18.4 Å². The fraction of sp³-hybridized carbons (Fsp3) is 1.00. The van der Waals surface area contributed by atoms with Crippen molar-refractivity contribution in [1.82, 2.24) is 8.61 Å². The van der Waals surface area contributed by atoms with Gasteiger partial charge in [0.25, 0.3) is 10.2 Å². The van der Waals surface area contributed by atoms with Crippen LogP contribution in [-0.2, 0) is 19.7 Å². The summed E-state index contributed by atoms with van der Waals surface area (Å²) in [5, 5.41) is 0. The van der Waals surface area contributed by atoms with Crippen LogP contribution in [0.25, 0.3) is 0 Å². The smallest absolute Gasteiger partial charge is 0.281 e. The maximum absolute atomic E-state index is 12.6. The Morgan fingerprint density at radius 3 is 2.22 bits per heavy atom. The average molecular weight is 372 g/mol. The van der Waals surface area contributed by atoms with E-state index in [0.29, 0.717) is 58.0 Å². The number of piperidine rings is 1. The standard InChI is InChI=1S/C14H29N3O4S.ClH/c1-12(2)13(15)4-7-16(3)22(18,19)17-8-5-14(6-9-17)20-10-11-21-14;/h12-13H,4-11,15H2,1-3H3;1H. The van der Waals surface area contributed by atoms with Crippen LogP contribution in [0.15, 0.2) is 0 Å². The summed E-state index contributed by atoms with van der Waals surface area (Å²) in [6.45, 7) is 6.59. The molecule has 1 unspecified atom stereocenters. The molecule has 0 saturated carbocycles. The van der Waals surface area contributed by atoms with E-state index < -0.39 is 16.0 Å². The van der Waals surface area contributed by atoms with E-state index in [0.717, 1.165) is 0 Å². The Morgan fingerprint density at radius 2 is 1.74 bits per heavy atom. The predicted molar refractivity (Wildman–Crippen MR) is 91.7 cm³/mol. The van der Waals surface area contributed by atoms with Crippen LogP contribution in [0.2, 0.25) is 0 Å². The summed E-state index contributed by atoms with van der Waals surface area (Å²) < 4.78 is 39.4. The topological polar surface area (TPSA) is 85.1 Å². The first-order valence-electron chi connectivity index (χ1n) is 8.02. The fourth-order valence-corrected chi connectivity index (χ4v) is 4.19. The van der Waals surface area contributed by atoms with Crippen molar-refractivity contribution >= 4 is 22.6 Å². The van der Waals surface area contributed by atoms with Crippen LogP contribution in [0.1, 0.15) is 33.1 Å². The van der Waals surface area contributed by atoms with E-state index in [2.05, 4.69) is 0 Å². The zero-order valence-electron chi connectivity index (χ0n) is 14.2. The summed E-state index contributed by atoms with van der Waals surface area (Å²) in [4.78, 5) is 0. The molecule has 9 heteroatoms. The molecular formula is C14H30ClN3O4S. The molecular weight excluding hydrogens is 342 g/mol. The van der Waals surface area contributed by atoms with E-state index in [9.17, 15) is 8.42 Å². The molecule has 7 nitrogen and oxygen atoms in total. The molecule has 23 heavy (non-hydrogen) atoms. The van der Waals surface area contributed by atoms with E-state index in [4.69, 9.17) is 15.2 Å². The van der Waals surface area contributed by atoms with Gasteiger partial charge in [-0.3, -0.25) is 0 Å². The molecule has 0 aromatic heterocycles. The average Bonchev–Trinajstić information content (AvgIpc) is 2.92. The zero-order valence-corrected chi connectivity index (χ0v) is 15.9. The lowest BCUT2D eigenvalue weighted by Gasteiger charge is -2.38. The number of nitrogens with two attached hydrogens (primary N) is 1. The first-order valence-corrected chi connectivity index (χ1v) is 9.41. The van der Waals surface area contributed by atoms with Crippen molar-refractivity contribution in [3.8, 4) is 0 Å². The molecule has 2 aliphatic rings. The molecule has 138 valence electrons. The Kier molecular flexibility index (Phi) is 7.72. The van der Waals surface area contributed by atoms with Gasteiger partial charge in [0, 0.05) is 45.6 Å². The molecule has 0 aromatic carbocycles. The largest absolute Gasteiger partial charge is 0.347 e. The van der Waals surface area contributed by atoms with Crippen LogP contribution >= 0.6 is 12.4 Å². The summed E-state index contributed by atoms with van der Waals surface area (Å²) in [6.07, 6.45) is 1.84. The maximum Gasteiger partial charge on any atom is 0.281 e. The first-order chi connectivity index (χ1) is 10.3. The number of ether oxygens (including phenoxy) is 2. The van der Waals surface area contributed by atoms with Gasteiger partial charge in [0.15, 0.2) is 5.79 Å². The summed E-state index contributed by atoms with van der Waals surface area (Å²) >= 11 is 0. The van der Waals surface area contributed by atoms with Crippen LogP contribution in [0, 0.1) is 5.92 Å². The predicted octanol–water partition coefficient (Wildman–Crippen LogP) is 0.797. The molecule has 2 saturated heterocycles. The van der Waals surface area contributed by atoms with Gasteiger partial charge in [0.2, 0.25) is 0 Å². The van der Waals surface area contributed by atoms with E-state index in [1.165, 1.54) is 8.61 Å². The lowest BCUT2D eigenvalue weighted by Crippen LogP contribution is -2.51. The van der Waals surface area contributed by atoms with Gasteiger partial charge in [-0.2, -0.15) is 17.0 Å². The van der Waals surface area contributed by atoms with Gasteiger partial charge in [0.05, 0.1) is 13.2 Å². The number of hydrogen-bond donors (Lipinski definition) is 1. The third-order valence-corrected chi connectivity index (χ3v) is 6.64. The maximum atomic E-state index is 12.6. The number of hydrogen-bond acceptors (Lipinski definition) is 5. The van der Waals surface area contributed by atoms with Crippen LogP contribution in [0.5, 0.6) is 0 Å². The Bertz CT molecular complexity index is 459. The highest BCUT2D eigenvalue weighted by molar-refractivity contribution is 7.86. The Labute approximate surface area is 146 Å². The number of nitrogens with zero attached hydrogens (tertiary/aromatic N) is 2. The van der Waals surface area contributed by atoms with Gasteiger partial charge in [-0.25, -0.2) is 0 Å². The minimum atomic E-state index is -3.43. The molecule has 2 fully saturated rings. The minimum Gasteiger partial charge on any atom is -0.347 e.